The van der Waals surface area contributed by atoms with Gasteiger partial charge in [-0.3, -0.25) is 4.31 Å². The maximum atomic E-state index is 15.5. The summed E-state index contributed by atoms with van der Waals surface area (Å²) in [6, 6.07) is 10.1. The molecule has 0 saturated carbocycles. The number of aliphatic hydroxyl groups is 1. The van der Waals surface area contributed by atoms with E-state index < -0.39 is 15.8 Å². The van der Waals surface area contributed by atoms with Crippen molar-refractivity contribution in [2.75, 3.05) is 4.31 Å². The Hall–Kier alpha value is -3.91. The van der Waals surface area contributed by atoms with Gasteiger partial charge >= 0.3 is 0 Å². The van der Waals surface area contributed by atoms with Crippen LogP contribution in [0.15, 0.2) is 89.1 Å². The number of Topliss-reactive ketones (excluding diaryl/α,β-unsaturated/α-hetero) is 1. The molecule has 1 aliphatic rings. The van der Waals surface area contributed by atoms with Crippen LogP contribution in [-0.4, -0.2) is 25.4 Å². The second-order valence-electron chi connectivity index (χ2n) is 12.3. The minimum Gasteiger partial charge on any atom is -0.512 e. The summed E-state index contributed by atoms with van der Waals surface area (Å²) in [5.41, 5.74) is 4.40. The van der Waals surface area contributed by atoms with Gasteiger partial charge in [0.2, 0.25) is 0 Å². The van der Waals surface area contributed by atoms with Crippen LogP contribution in [0.5, 0.6) is 5.75 Å². The van der Waals surface area contributed by atoms with E-state index in [1.165, 1.54) is 23.4 Å². The molecule has 1 atom stereocenters. The molecule has 0 saturated heterocycles. The number of carbonyl (C=O) groups excluding carboxylic acids is 1. The Morgan fingerprint density at radius 3 is 2.52 bits per heavy atom. The molecule has 2 aromatic carbocycles. The highest BCUT2D eigenvalue weighted by atomic mass is 32.2. The Kier molecular flexibility index (Phi) is 12.8. The van der Waals surface area contributed by atoms with E-state index in [2.05, 4.69) is 13.5 Å². The number of ether oxygens (including phenoxy) is 1. The first-order valence-corrected chi connectivity index (χ1v) is 17.3. The van der Waals surface area contributed by atoms with Gasteiger partial charge in [0.1, 0.15) is 17.3 Å². The van der Waals surface area contributed by atoms with Crippen LogP contribution in [0.4, 0.5) is 10.1 Å². The molecule has 0 radical (unpaired) electrons. The average molecular weight is 650 g/mol. The lowest BCUT2D eigenvalue weighted by Crippen LogP contribution is -2.32. The number of anilines is 1. The molecule has 3 rings (SSSR count). The Morgan fingerprint density at radius 2 is 1.91 bits per heavy atom. The number of hydrogen-bond donors (Lipinski definition) is 1. The lowest BCUT2D eigenvalue weighted by Gasteiger charge is -2.28. The van der Waals surface area contributed by atoms with Crippen LogP contribution in [0, 0.1) is 11.7 Å². The van der Waals surface area contributed by atoms with E-state index in [0.717, 1.165) is 23.1 Å². The number of rotatable bonds is 14. The molecule has 0 aliphatic heterocycles. The van der Waals surface area contributed by atoms with Crippen molar-refractivity contribution in [1.82, 2.24) is 0 Å². The quantitative estimate of drug-likeness (QED) is 0.206. The van der Waals surface area contributed by atoms with Crippen LogP contribution < -0.4 is 9.04 Å². The smallest absolute Gasteiger partial charge is 0.264 e. The summed E-state index contributed by atoms with van der Waals surface area (Å²) in [7, 11) is -4.20. The minimum absolute atomic E-state index is 0.0214. The number of halogens is 1. The van der Waals surface area contributed by atoms with Crippen molar-refractivity contribution in [3.63, 3.8) is 0 Å². The topological polar surface area (TPSA) is 83.9 Å². The van der Waals surface area contributed by atoms with E-state index in [1.807, 2.05) is 39.0 Å². The number of hydrogen-bond acceptors (Lipinski definition) is 5. The predicted molar refractivity (Wildman–Crippen MR) is 187 cm³/mol. The van der Waals surface area contributed by atoms with Crippen molar-refractivity contribution in [2.45, 2.75) is 93.2 Å². The van der Waals surface area contributed by atoms with Crippen LogP contribution >= 0.6 is 0 Å². The lowest BCUT2D eigenvalue weighted by atomic mass is 9.87. The molecule has 0 bridgehead atoms. The summed E-state index contributed by atoms with van der Waals surface area (Å²) in [6.45, 7) is 16.7. The maximum Gasteiger partial charge on any atom is 0.264 e. The van der Waals surface area contributed by atoms with Crippen molar-refractivity contribution in [1.29, 1.82) is 0 Å². The standard InChI is InChI=1S/C38H48FNO5S/c1-9-10-14-37(25(2)3)46(43,44)40(32-18-17-31(35(39)23-32)13-11-12-29(8)41)24-30-16-20-36(45-26(4)5)34(22-30)38-27(6)15-19-33(42)21-28(38)7/h9-10,14,16-18,20-23,26-27,42H,2,11-13,15,19,24H2,1,3-8H3/b10-9-,37-14+. The van der Waals surface area contributed by atoms with Crippen molar-refractivity contribution in [2.24, 2.45) is 5.92 Å². The monoisotopic (exact) mass is 649 g/mol. The fourth-order valence-corrected chi connectivity index (χ4v) is 7.31. The normalized spacial score (nSPS) is 16.1. The molecular weight excluding hydrogens is 601 g/mol. The van der Waals surface area contributed by atoms with E-state index in [4.69, 9.17) is 4.74 Å². The predicted octanol–water partition coefficient (Wildman–Crippen LogP) is 9.54. The van der Waals surface area contributed by atoms with Crippen LogP contribution in [0.25, 0.3) is 5.57 Å². The van der Waals surface area contributed by atoms with Gasteiger partial charge in [-0.15, -0.1) is 0 Å². The highest BCUT2D eigenvalue weighted by molar-refractivity contribution is 7.96. The van der Waals surface area contributed by atoms with Gasteiger partial charge in [0.25, 0.3) is 10.0 Å². The van der Waals surface area contributed by atoms with Crippen molar-refractivity contribution in [3.05, 3.63) is 112 Å². The first-order valence-electron chi connectivity index (χ1n) is 15.8. The zero-order valence-corrected chi connectivity index (χ0v) is 29.0. The second kappa shape index (κ2) is 16.1. The van der Waals surface area contributed by atoms with Crippen LogP contribution in [0.1, 0.15) is 90.8 Å². The molecule has 0 fully saturated rings. The van der Waals surface area contributed by atoms with Gasteiger partial charge in [-0.25, -0.2) is 12.8 Å². The highest BCUT2D eigenvalue weighted by Gasteiger charge is 2.29. The number of sulfonamides is 1. The van der Waals surface area contributed by atoms with E-state index >= 15 is 4.39 Å². The summed E-state index contributed by atoms with van der Waals surface area (Å²) >= 11 is 0. The number of allylic oxidation sites excluding steroid dienone is 8. The molecule has 0 heterocycles. The lowest BCUT2D eigenvalue weighted by molar-refractivity contribution is -0.117. The molecule has 248 valence electrons. The second-order valence-corrected chi connectivity index (χ2v) is 14.2. The summed E-state index contributed by atoms with van der Waals surface area (Å²) in [4.78, 5) is 11.4. The Balaban J connectivity index is 2.21. The molecule has 1 N–H and O–H groups in total. The van der Waals surface area contributed by atoms with Crippen LogP contribution in [0.3, 0.4) is 0 Å². The van der Waals surface area contributed by atoms with Gasteiger partial charge < -0.3 is 14.6 Å². The van der Waals surface area contributed by atoms with Crippen molar-refractivity contribution >= 4 is 27.1 Å². The molecule has 0 spiro atoms. The van der Waals surface area contributed by atoms with E-state index in [9.17, 15) is 18.3 Å². The summed E-state index contributed by atoms with van der Waals surface area (Å²) in [5.74, 6) is 0.605. The van der Waals surface area contributed by atoms with Crippen LogP contribution in [-0.2, 0) is 27.8 Å². The fraction of sp³-hybridized carbons (Fsp3) is 0.395. The van der Waals surface area contributed by atoms with Gasteiger partial charge in [0.05, 0.1) is 29.0 Å². The summed E-state index contributed by atoms with van der Waals surface area (Å²) < 4.78 is 51.6. The largest absolute Gasteiger partial charge is 0.512 e. The third kappa shape index (κ3) is 9.32. The zero-order chi connectivity index (χ0) is 34.2. The number of aliphatic hydroxyl groups excluding tert-OH is 1. The van der Waals surface area contributed by atoms with Crippen molar-refractivity contribution < 1.29 is 27.4 Å². The van der Waals surface area contributed by atoms with E-state index in [0.29, 0.717) is 53.9 Å². The minimum atomic E-state index is -4.20. The fourth-order valence-electron chi connectivity index (χ4n) is 5.67. The molecule has 6 nitrogen and oxygen atoms in total. The molecule has 46 heavy (non-hydrogen) atoms. The average Bonchev–Trinajstić information content (AvgIpc) is 3.08. The van der Waals surface area contributed by atoms with E-state index in [-0.39, 0.29) is 34.9 Å². The van der Waals surface area contributed by atoms with Crippen LogP contribution in [0.2, 0.25) is 0 Å². The van der Waals surface area contributed by atoms with Crippen molar-refractivity contribution in [3.8, 4) is 5.75 Å². The third-order valence-electron chi connectivity index (χ3n) is 7.89. The molecule has 8 heteroatoms. The van der Waals surface area contributed by atoms with Gasteiger partial charge in [-0.1, -0.05) is 37.8 Å². The number of carbonyl (C=O) groups is 1. The van der Waals surface area contributed by atoms with Gasteiger partial charge in [-0.05, 0) is 131 Å². The molecule has 1 unspecified atom stereocenters. The Labute approximate surface area is 274 Å². The SMILES string of the molecule is C=C(C)/C(=C\C=C/C)S(=O)(=O)N(Cc1ccc(OC(C)C)c(C2=C(C)C=C(O)CCC2C)c1)c1ccc(CCCC(C)=O)c(F)c1. The first kappa shape index (κ1) is 36.6. The van der Waals surface area contributed by atoms with Gasteiger partial charge in [-0.2, -0.15) is 0 Å². The summed E-state index contributed by atoms with van der Waals surface area (Å²) in [5, 5.41) is 10.4. The number of aryl methyl sites for hydroxylation is 1. The molecule has 1 aliphatic carbocycles. The first-order chi connectivity index (χ1) is 21.6. The Morgan fingerprint density at radius 1 is 1.20 bits per heavy atom. The van der Waals surface area contributed by atoms with Gasteiger partial charge in [0.15, 0.2) is 0 Å². The Bertz CT molecular complexity index is 1680. The number of ketones is 1. The maximum absolute atomic E-state index is 15.5. The summed E-state index contributed by atoms with van der Waals surface area (Å²) in [6.07, 6.45) is 9.09. The third-order valence-corrected chi connectivity index (χ3v) is 9.85. The highest BCUT2D eigenvalue weighted by Crippen LogP contribution is 2.40. The molecular formula is C38H48FNO5S. The molecule has 2 aromatic rings. The zero-order valence-electron chi connectivity index (χ0n) is 28.2. The number of nitrogens with zero attached hydrogens (tertiary/aromatic N) is 1. The van der Waals surface area contributed by atoms with Gasteiger partial charge in [0, 0.05) is 18.4 Å². The number of benzene rings is 2. The van der Waals surface area contributed by atoms with E-state index in [1.54, 1.807) is 44.2 Å². The molecule has 0 aromatic heterocycles. The molecule has 0 amide bonds.